The maximum Gasteiger partial charge on any atom is 0.203 e. The van der Waals surface area contributed by atoms with E-state index in [4.69, 9.17) is 0 Å². The van der Waals surface area contributed by atoms with Crippen LogP contribution in [0.5, 0.6) is 0 Å². The second-order valence-corrected chi connectivity index (χ2v) is 6.27. The van der Waals surface area contributed by atoms with E-state index in [2.05, 4.69) is 20.9 Å². The highest BCUT2D eigenvalue weighted by molar-refractivity contribution is 9.11. The van der Waals surface area contributed by atoms with E-state index in [1.807, 2.05) is 42.5 Å². The van der Waals surface area contributed by atoms with Crippen LogP contribution in [0.4, 0.5) is 0 Å². The molecule has 18 heavy (non-hydrogen) atoms. The largest absolute Gasteiger partial charge is 0.288 e. The average Bonchev–Trinajstić information content (AvgIpc) is 2.84. The molecule has 0 spiro atoms. The Morgan fingerprint density at radius 3 is 2.78 bits per heavy atom. The first kappa shape index (κ1) is 11.6. The van der Waals surface area contributed by atoms with E-state index in [1.165, 1.54) is 11.3 Å². The Morgan fingerprint density at radius 2 is 2.00 bits per heavy atom. The standard InChI is InChI=1S/C14H8BrNOS/c15-13-7-6-12(18-13)14(17)10-3-1-5-11-9(10)4-2-8-16-11/h1-8H. The van der Waals surface area contributed by atoms with Gasteiger partial charge in [0.15, 0.2) is 0 Å². The molecule has 0 aliphatic rings. The molecule has 0 aliphatic heterocycles. The highest BCUT2D eigenvalue weighted by Crippen LogP contribution is 2.26. The SMILES string of the molecule is O=C(c1ccc(Br)s1)c1cccc2ncccc12. The van der Waals surface area contributed by atoms with Crippen LogP contribution >= 0.6 is 27.3 Å². The minimum absolute atomic E-state index is 0.0456. The van der Waals surface area contributed by atoms with Gasteiger partial charge < -0.3 is 0 Å². The third-order valence-corrected chi connectivity index (χ3v) is 4.31. The van der Waals surface area contributed by atoms with E-state index in [9.17, 15) is 4.79 Å². The number of halogens is 1. The van der Waals surface area contributed by atoms with Gasteiger partial charge in [-0.1, -0.05) is 18.2 Å². The normalized spacial score (nSPS) is 10.7. The number of rotatable bonds is 2. The summed E-state index contributed by atoms with van der Waals surface area (Å²) in [6.45, 7) is 0. The van der Waals surface area contributed by atoms with Crippen molar-refractivity contribution < 1.29 is 4.79 Å². The summed E-state index contributed by atoms with van der Waals surface area (Å²) in [6.07, 6.45) is 1.73. The Labute approximate surface area is 116 Å². The summed E-state index contributed by atoms with van der Waals surface area (Å²) < 4.78 is 0.962. The molecule has 0 aliphatic carbocycles. The summed E-state index contributed by atoms with van der Waals surface area (Å²) in [7, 11) is 0. The van der Waals surface area contributed by atoms with Crippen molar-refractivity contribution in [2.45, 2.75) is 0 Å². The predicted molar refractivity (Wildman–Crippen MR) is 77.2 cm³/mol. The molecule has 0 N–H and O–H groups in total. The van der Waals surface area contributed by atoms with E-state index < -0.39 is 0 Å². The zero-order valence-corrected chi connectivity index (χ0v) is 11.7. The lowest BCUT2D eigenvalue weighted by Gasteiger charge is -2.03. The Kier molecular flexibility index (Phi) is 2.97. The van der Waals surface area contributed by atoms with Gasteiger partial charge in [-0.05, 0) is 40.2 Å². The molecule has 0 saturated carbocycles. The van der Waals surface area contributed by atoms with Crippen molar-refractivity contribution in [3.8, 4) is 0 Å². The molecular formula is C14H8BrNOS. The second-order valence-electron chi connectivity index (χ2n) is 3.81. The van der Waals surface area contributed by atoms with Crippen molar-refractivity contribution >= 4 is 44.0 Å². The molecule has 0 bridgehead atoms. The molecule has 2 aromatic heterocycles. The minimum Gasteiger partial charge on any atom is -0.288 e. The van der Waals surface area contributed by atoms with Crippen molar-refractivity contribution in [1.29, 1.82) is 0 Å². The molecule has 0 amide bonds. The number of hydrogen-bond acceptors (Lipinski definition) is 3. The number of fused-ring (bicyclic) bond motifs is 1. The Balaban J connectivity index is 2.17. The summed E-state index contributed by atoms with van der Waals surface area (Å²) in [4.78, 5) is 17.4. The van der Waals surface area contributed by atoms with Crippen molar-refractivity contribution in [1.82, 2.24) is 4.98 Å². The quantitative estimate of drug-likeness (QED) is 0.660. The maximum absolute atomic E-state index is 12.4. The first-order valence-corrected chi connectivity index (χ1v) is 7.00. The van der Waals surface area contributed by atoms with Crippen molar-refractivity contribution in [2.75, 3.05) is 0 Å². The summed E-state index contributed by atoms with van der Waals surface area (Å²) >= 11 is 4.82. The van der Waals surface area contributed by atoms with Gasteiger partial charge in [0.25, 0.3) is 0 Å². The summed E-state index contributed by atoms with van der Waals surface area (Å²) in [5, 5.41) is 0.898. The van der Waals surface area contributed by atoms with E-state index in [1.54, 1.807) is 6.20 Å². The monoisotopic (exact) mass is 317 g/mol. The van der Waals surface area contributed by atoms with E-state index in [0.29, 0.717) is 5.56 Å². The predicted octanol–water partition coefficient (Wildman–Crippen LogP) is 4.29. The van der Waals surface area contributed by atoms with Crippen LogP contribution < -0.4 is 0 Å². The van der Waals surface area contributed by atoms with Gasteiger partial charge in [0, 0.05) is 17.1 Å². The Morgan fingerprint density at radius 1 is 1.11 bits per heavy atom. The van der Waals surface area contributed by atoms with Crippen molar-refractivity contribution in [3.63, 3.8) is 0 Å². The topological polar surface area (TPSA) is 30.0 Å². The van der Waals surface area contributed by atoms with Gasteiger partial charge >= 0.3 is 0 Å². The van der Waals surface area contributed by atoms with Gasteiger partial charge in [-0.2, -0.15) is 0 Å². The van der Waals surface area contributed by atoms with Crippen molar-refractivity contribution in [3.05, 3.63) is 62.9 Å². The highest BCUT2D eigenvalue weighted by Gasteiger charge is 2.14. The molecule has 0 atom stereocenters. The summed E-state index contributed by atoms with van der Waals surface area (Å²) in [6, 6.07) is 13.1. The van der Waals surface area contributed by atoms with Crippen LogP contribution in [0.15, 0.2) is 52.4 Å². The highest BCUT2D eigenvalue weighted by atomic mass is 79.9. The smallest absolute Gasteiger partial charge is 0.203 e. The van der Waals surface area contributed by atoms with Crippen LogP contribution in [-0.4, -0.2) is 10.8 Å². The fourth-order valence-corrected chi connectivity index (χ4v) is 3.21. The minimum atomic E-state index is 0.0456. The van der Waals surface area contributed by atoms with Crippen LogP contribution in [-0.2, 0) is 0 Å². The Bertz CT molecular complexity index is 730. The number of carbonyl (C=O) groups excluding carboxylic acids is 1. The zero-order chi connectivity index (χ0) is 12.5. The lowest BCUT2D eigenvalue weighted by molar-refractivity contribution is 0.104. The number of hydrogen-bond donors (Lipinski definition) is 0. The number of pyridine rings is 1. The lowest BCUT2D eigenvalue weighted by atomic mass is 10.0. The molecule has 3 rings (SSSR count). The molecule has 88 valence electrons. The van der Waals surface area contributed by atoms with E-state index in [0.717, 1.165) is 19.6 Å². The van der Waals surface area contributed by atoms with E-state index in [-0.39, 0.29) is 5.78 Å². The Hall–Kier alpha value is -1.52. The number of carbonyl (C=O) groups is 1. The van der Waals surface area contributed by atoms with Crippen LogP contribution in [0, 0.1) is 0 Å². The maximum atomic E-state index is 12.4. The summed E-state index contributed by atoms with van der Waals surface area (Å²) in [5.74, 6) is 0.0456. The average molecular weight is 318 g/mol. The van der Waals surface area contributed by atoms with Gasteiger partial charge in [-0.15, -0.1) is 11.3 Å². The fourth-order valence-electron chi connectivity index (χ4n) is 1.87. The number of thiophene rings is 1. The fraction of sp³-hybridized carbons (Fsp3) is 0. The van der Waals surface area contributed by atoms with E-state index >= 15 is 0 Å². The number of aromatic nitrogens is 1. The van der Waals surface area contributed by atoms with Gasteiger partial charge in [0.05, 0.1) is 14.2 Å². The van der Waals surface area contributed by atoms with Gasteiger partial charge in [0.1, 0.15) is 0 Å². The zero-order valence-electron chi connectivity index (χ0n) is 9.26. The van der Waals surface area contributed by atoms with Gasteiger partial charge in [-0.25, -0.2) is 0 Å². The number of nitrogens with zero attached hydrogens (tertiary/aromatic N) is 1. The molecule has 4 heteroatoms. The van der Waals surface area contributed by atoms with Gasteiger partial charge in [-0.3, -0.25) is 9.78 Å². The molecule has 0 saturated heterocycles. The third-order valence-electron chi connectivity index (χ3n) is 2.69. The van der Waals surface area contributed by atoms with Gasteiger partial charge in [0.2, 0.25) is 5.78 Å². The lowest BCUT2D eigenvalue weighted by Crippen LogP contribution is -1.99. The van der Waals surface area contributed by atoms with Crippen LogP contribution in [0.1, 0.15) is 15.2 Å². The molecular weight excluding hydrogens is 310 g/mol. The van der Waals surface area contributed by atoms with Crippen LogP contribution in [0.25, 0.3) is 10.9 Å². The molecule has 2 nitrogen and oxygen atoms in total. The first-order chi connectivity index (χ1) is 8.75. The summed E-state index contributed by atoms with van der Waals surface area (Å²) in [5.41, 5.74) is 1.55. The molecule has 3 aromatic rings. The van der Waals surface area contributed by atoms with Crippen molar-refractivity contribution in [2.24, 2.45) is 0 Å². The first-order valence-electron chi connectivity index (χ1n) is 5.39. The molecule has 2 heterocycles. The van der Waals surface area contributed by atoms with Crippen LogP contribution in [0.2, 0.25) is 0 Å². The third kappa shape index (κ3) is 1.98. The molecule has 1 aromatic carbocycles. The molecule has 0 unspecified atom stereocenters. The number of ketones is 1. The number of benzene rings is 1. The molecule has 0 fully saturated rings. The second kappa shape index (κ2) is 4.63. The molecule has 0 radical (unpaired) electrons. The van der Waals surface area contributed by atoms with Crippen LogP contribution in [0.3, 0.4) is 0 Å².